The fourth-order valence-corrected chi connectivity index (χ4v) is 3.25. The average molecular weight is 255 g/mol. The van der Waals surface area contributed by atoms with Crippen LogP contribution >= 0.6 is 0 Å². The van der Waals surface area contributed by atoms with E-state index in [1.54, 1.807) is 0 Å². The Morgan fingerprint density at radius 3 is 2.65 bits per heavy atom. The van der Waals surface area contributed by atoms with Gasteiger partial charge in [-0.1, -0.05) is 19.9 Å². The average Bonchev–Trinajstić information content (AvgIpc) is 2.50. The van der Waals surface area contributed by atoms with Gasteiger partial charge in [0.25, 0.3) is 0 Å². The molecule has 92 valence electrons. The molecule has 17 heavy (non-hydrogen) atoms. The number of hydrogen-bond acceptors (Lipinski definition) is 3. The molecule has 0 aromatic heterocycles. The molecule has 1 aromatic rings. The third kappa shape index (κ3) is 2.12. The van der Waals surface area contributed by atoms with E-state index in [0.29, 0.717) is 0 Å². The Morgan fingerprint density at radius 2 is 2.06 bits per heavy atom. The fraction of sp³-hybridized carbons (Fsp3) is 0.333. The Morgan fingerprint density at radius 1 is 1.35 bits per heavy atom. The van der Waals surface area contributed by atoms with Crippen LogP contribution in [0.5, 0.6) is 0 Å². The molecule has 0 amide bonds. The summed E-state index contributed by atoms with van der Waals surface area (Å²) in [4.78, 5) is 0.296. The van der Waals surface area contributed by atoms with Crippen molar-refractivity contribution >= 4 is 15.9 Å². The maximum absolute atomic E-state index is 13.5. The summed E-state index contributed by atoms with van der Waals surface area (Å²) in [6.07, 6.45) is 1.41. The number of sulfone groups is 1. The summed E-state index contributed by atoms with van der Waals surface area (Å²) in [6.45, 7) is 4.08. The zero-order valence-corrected chi connectivity index (χ0v) is 10.5. The molecule has 0 saturated heterocycles. The summed E-state index contributed by atoms with van der Waals surface area (Å²) < 4.78 is 37.6. The van der Waals surface area contributed by atoms with Crippen molar-refractivity contribution in [3.63, 3.8) is 0 Å². The van der Waals surface area contributed by atoms with Gasteiger partial charge in [0.2, 0.25) is 9.84 Å². The molecule has 3 nitrogen and oxygen atoms in total. The molecular weight excluding hydrogens is 241 g/mol. The van der Waals surface area contributed by atoms with Crippen molar-refractivity contribution in [3.05, 3.63) is 34.5 Å². The Bertz CT molecular complexity index is 576. The molecule has 1 N–H and O–H groups in total. The van der Waals surface area contributed by atoms with Crippen molar-refractivity contribution in [2.45, 2.75) is 24.8 Å². The molecule has 1 aliphatic rings. The zero-order chi connectivity index (χ0) is 12.6. The maximum atomic E-state index is 13.5. The van der Waals surface area contributed by atoms with Crippen LogP contribution in [0.2, 0.25) is 0 Å². The minimum absolute atomic E-state index is 0.0676. The van der Waals surface area contributed by atoms with Crippen LogP contribution in [0.4, 0.5) is 4.39 Å². The molecule has 0 unspecified atom stereocenters. The highest BCUT2D eigenvalue weighted by Crippen LogP contribution is 2.33. The second-order valence-electron chi connectivity index (χ2n) is 4.30. The van der Waals surface area contributed by atoms with E-state index in [2.05, 4.69) is 5.32 Å². The van der Waals surface area contributed by atoms with Gasteiger partial charge in [0.15, 0.2) is 0 Å². The van der Waals surface area contributed by atoms with E-state index in [1.165, 1.54) is 24.3 Å². The van der Waals surface area contributed by atoms with Crippen LogP contribution in [0.15, 0.2) is 28.0 Å². The van der Waals surface area contributed by atoms with Crippen LogP contribution in [0.1, 0.15) is 19.4 Å². The third-order valence-electron chi connectivity index (χ3n) is 2.64. The maximum Gasteiger partial charge on any atom is 0.204 e. The summed E-state index contributed by atoms with van der Waals surface area (Å²) in [6, 6.07) is 4.30. The van der Waals surface area contributed by atoms with Crippen molar-refractivity contribution < 1.29 is 12.8 Å². The molecule has 5 heteroatoms. The number of rotatable bonds is 3. The Labute approximate surface area is 100 Å². The predicted molar refractivity (Wildman–Crippen MR) is 64.7 cm³/mol. The lowest BCUT2D eigenvalue weighted by Gasteiger charge is -2.08. The van der Waals surface area contributed by atoms with Gasteiger partial charge in [0.1, 0.15) is 5.82 Å². The van der Waals surface area contributed by atoms with E-state index in [1.807, 2.05) is 13.8 Å². The third-order valence-corrected chi connectivity index (χ3v) is 4.53. The number of nitrogens with one attached hydrogen (secondary N) is 1. The molecule has 0 saturated carbocycles. The summed E-state index contributed by atoms with van der Waals surface area (Å²) in [5.41, 5.74) is 0.174. The minimum atomic E-state index is -3.51. The summed E-state index contributed by atoms with van der Waals surface area (Å²) in [5, 5.41) is 3.03. The van der Waals surface area contributed by atoms with Crippen LogP contribution in [0, 0.1) is 5.82 Å². The smallest absolute Gasteiger partial charge is 0.204 e. The first-order chi connectivity index (χ1) is 7.93. The topological polar surface area (TPSA) is 46.2 Å². The molecule has 1 aromatic carbocycles. The van der Waals surface area contributed by atoms with Crippen LogP contribution in [-0.4, -0.2) is 21.0 Å². The van der Waals surface area contributed by atoms with E-state index >= 15 is 0 Å². The van der Waals surface area contributed by atoms with Gasteiger partial charge >= 0.3 is 0 Å². The van der Waals surface area contributed by atoms with E-state index in [9.17, 15) is 12.8 Å². The van der Waals surface area contributed by atoms with E-state index < -0.39 is 15.7 Å². The summed E-state index contributed by atoms with van der Waals surface area (Å²) in [7, 11) is -3.51. The first kappa shape index (κ1) is 12.3. The van der Waals surface area contributed by atoms with E-state index in [-0.39, 0.29) is 28.0 Å². The normalized spacial score (nSPS) is 17.1. The van der Waals surface area contributed by atoms with Gasteiger partial charge in [-0.15, -0.1) is 0 Å². The van der Waals surface area contributed by atoms with Gasteiger partial charge in [-0.3, -0.25) is 0 Å². The molecule has 1 aliphatic heterocycles. The van der Waals surface area contributed by atoms with Crippen LogP contribution in [0.25, 0.3) is 6.08 Å². The van der Waals surface area contributed by atoms with Gasteiger partial charge < -0.3 is 5.32 Å². The van der Waals surface area contributed by atoms with Gasteiger partial charge in [-0.05, 0) is 18.2 Å². The second-order valence-corrected chi connectivity index (χ2v) is 6.27. The summed E-state index contributed by atoms with van der Waals surface area (Å²) in [5.74, 6) is -0.495. The highest BCUT2D eigenvalue weighted by Gasteiger charge is 2.30. The fourth-order valence-electron chi connectivity index (χ4n) is 1.72. The monoisotopic (exact) mass is 255 g/mol. The van der Waals surface area contributed by atoms with Gasteiger partial charge in [-0.2, -0.15) is 0 Å². The lowest BCUT2D eigenvalue weighted by Crippen LogP contribution is -2.26. The predicted octanol–water partition coefficient (Wildman–Crippen LogP) is 1.95. The van der Waals surface area contributed by atoms with E-state index in [0.717, 1.165) is 0 Å². The van der Waals surface area contributed by atoms with Gasteiger partial charge in [0, 0.05) is 18.2 Å². The quantitative estimate of drug-likeness (QED) is 0.898. The van der Waals surface area contributed by atoms with Crippen LogP contribution in [0.3, 0.4) is 0 Å². The first-order valence-electron chi connectivity index (χ1n) is 5.40. The molecular formula is C12H14FNO2S. The molecule has 0 aliphatic carbocycles. The largest absolute Gasteiger partial charge is 0.310 e. The Kier molecular flexibility index (Phi) is 3.05. The molecule has 1 heterocycles. The molecule has 0 fully saturated rings. The van der Waals surface area contributed by atoms with Crippen molar-refractivity contribution in [2.24, 2.45) is 0 Å². The van der Waals surface area contributed by atoms with Crippen molar-refractivity contribution in [1.82, 2.24) is 5.32 Å². The second kappa shape index (κ2) is 4.23. The van der Waals surface area contributed by atoms with Crippen molar-refractivity contribution in [1.29, 1.82) is 0 Å². The standard InChI is InChI=1S/C12H14FNO2S/c1-8(2)14-7-9-6-10-11(13)4-3-5-12(10)17(9,15)16/h3-6,8,14H,7H2,1-2H3. The molecule has 2 rings (SSSR count). The molecule has 0 radical (unpaired) electrons. The Hall–Kier alpha value is -1.20. The van der Waals surface area contributed by atoms with E-state index in [4.69, 9.17) is 0 Å². The lowest BCUT2D eigenvalue weighted by atomic mass is 10.2. The molecule has 0 bridgehead atoms. The number of hydrogen-bond donors (Lipinski definition) is 1. The van der Waals surface area contributed by atoms with Crippen molar-refractivity contribution in [3.8, 4) is 0 Å². The lowest BCUT2D eigenvalue weighted by molar-refractivity contribution is 0.591. The molecule has 0 atom stereocenters. The van der Waals surface area contributed by atoms with Crippen LogP contribution in [-0.2, 0) is 9.84 Å². The highest BCUT2D eigenvalue weighted by atomic mass is 32.2. The van der Waals surface area contributed by atoms with Gasteiger partial charge in [0.05, 0.1) is 9.80 Å². The number of benzene rings is 1. The first-order valence-corrected chi connectivity index (χ1v) is 6.89. The van der Waals surface area contributed by atoms with Crippen LogP contribution < -0.4 is 5.32 Å². The SMILES string of the molecule is CC(C)NCC1=Cc2c(F)cccc2S1(=O)=O. The Balaban J connectivity index is 2.40. The number of fused-ring (bicyclic) bond motifs is 1. The van der Waals surface area contributed by atoms with Gasteiger partial charge in [-0.25, -0.2) is 12.8 Å². The van der Waals surface area contributed by atoms with Crippen molar-refractivity contribution in [2.75, 3.05) is 6.54 Å². The molecule has 0 spiro atoms. The number of halogens is 1. The zero-order valence-electron chi connectivity index (χ0n) is 9.70. The highest BCUT2D eigenvalue weighted by molar-refractivity contribution is 7.95. The summed E-state index contributed by atoms with van der Waals surface area (Å²) >= 11 is 0. The minimum Gasteiger partial charge on any atom is -0.310 e.